The zero-order valence-corrected chi connectivity index (χ0v) is 13.2. The van der Waals surface area contributed by atoms with Crippen LogP contribution in [0.25, 0.3) is 0 Å². The summed E-state index contributed by atoms with van der Waals surface area (Å²) in [4.78, 5) is 33.8. The molecule has 3 atom stereocenters. The van der Waals surface area contributed by atoms with Crippen molar-refractivity contribution in [3.63, 3.8) is 0 Å². The molecule has 0 fully saturated rings. The van der Waals surface area contributed by atoms with Gasteiger partial charge in [-0.05, 0) is 13.8 Å². The second kappa shape index (κ2) is 7.94. The van der Waals surface area contributed by atoms with Crippen LogP contribution in [-0.4, -0.2) is 73.2 Å². The van der Waals surface area contributed by atoms with Crippen molar-refractivity contribution in [2.24, 2.45) is 0 Å². The number of carboxylic acid groups (broad SMARTS) is 1. The first-order valence-electron chi connectivity index (χ1n) is 6.71. The summed E-state index contributed by atoms with van der Waals surface area (Å²) >= 11 is 0. The van der Waals surface area contributed by atoms with Gasteiger partial charge in [0.05, 0.1) is 39.6 Å². The molecule has 0 aliphatic rings. The number of rotatable bonds is 8. The number of aliphatic hydroxyl groups excluding tert-OH is 1. The molecule has 0 aromatic carbocycles. The molecule has 0 rings (SSSR count). The standard InChI is InChI=1S/C13H25N3O5/c1-8(12(19)15-9(2)13(20)21)14-11(18)6-10(17)7-16(3,4)5/h8-10,17H,6-7H2,1-5H3,(H2-,14,15,18,19,20,21)/t8-,9-,10?/m0/s1. The molecule has 0 bridgehead atoms. The number of quaternary nitrogens is 1. The SMILES string of the molecule is C[C@H](NC(=O)[C@H](C)NC(=O)CC(O)C[N+](C)(C)C)C(=O)[O-]. The molecule has 0 aromatic rings. The van der Waals surface area contributed by atoms with Gasteiger partial charge in [-0.15, -0.1) is 0 Å². The lowest BCUT2D eigenvalue weighted by Gasteiger charge is -2.26. The first-order chi connectivity index (χ1) is 9.42. The van der Waals surface area contributed by atoms with Crippen molar-refractivity contribution in [2.45, 2.75) is 38.5 Å². The van der Waals surface area contributed by atoms with E-state index in [1.807, 2.05) is 21.1 Å². The Hall–Kier alpha value is -1.67. The number of hydrogen-bond acceptors (Lipinski definition) is 5. The summed E-state index contributed by atoms with van der Waals surface area (Å²) in [7, 11) is 5.66. The van der Waals surface area contributed by atoms with Gasteiger partial charge in [0, 0.05) is 0 Å². The Labute approximate surface area is 124 Å². The highest BCUT2D eigenvalue weighted by Crippen LogP contribution is 2.00. The average Bonchev–Trinajstić information content (AvgIpc) is 2.24. The van der Waals surface area contributed by atoms with E-state index in [-0.39, 0.29) is 6.42 Å². The van der Waals surface area contributed by atoms with E-state index in [2.05, 4.69) is 10.6 Å². The molecule has 122 valence electrons. The molecule has 0 aliphatic heterocycles. The molecule has 8 heteroatoms. The summed E-state index contributed by atoms with van der Waals surface area (Å²) in [5.74, 6) is -2.50. The van der Waals surface area contributed by atoms with Crippen LogP contribution in [0.1, 0.15) is 20.3 Å². The highest BCUT2D eigenvalue weighted by atomic mass is 16.4. The zero-order chi connectivity index (χ0) is 16.8. The topological polar surface area (TPSA) is 119 Å². The van der Waals surface area contributed by atoms with Crippen LogP contribution in [0, 0.1) is 0 Å². The van der Waals surface area contributed by atoms with E-state index in [0.717, 1.165) is 0 Å². The van der Waals surface area contributed by atoms with Gasteiger partial charge in [0.15, 0.2) is 0 Å². The van der Waals surface area contributed by atoms with Crippen LogP contribution >= 0.6 is 0 Å². The Balaban J connectivity index is 4.26. The lowest BCUT2D eigenvalue weighted by atomic mass is 10.2. The van der Waals surface area contributed by atoms with Crippen LogP contribution in [-0.2, 0) is 14.4 Å². The highest BCUT2D eigenvalue weighted by Gasteiger charge is 2.22. The normalized spacial score (nSPS) is 15.7. The minimum absolute atomic E-state index is 0.122. The summed E-state index contributed by atoms with van der Waals surface area (Å²) in [5.41, 5.74) is 0. The average molecular weight is 303 g/mol. The Morgan fingerprint density at radius 2 is 1.62 bits per heavy atom. The van der Waals surface area contributed by atoms with E-state index in [4.69, 9.17) is 0 Å². The van der Waals surface area contributed by atoms with Gasteiger partial charge in [0.25, 0.3) is 0 Å². The number of nitrogens with zero attached hydrogens (tertiary/aromatic N) is 1. The fourth-order valence-electron chi connectivity index (χ4n) is 1.67. The molecule has 8 nitrogen and oxygen atoms in total. The minimum atomic E-state index is -1.40. The summed E-state index contributed by atoms with van der Waals surface area (Å²) in [6.07, 6.45) is -0.939. The number of hydrogen-bond donors (Lipinski definition) is 3. The first kappa shape index (κ1) is 19.3. The fraction of sp³-hybridized carbons (Fsp3) is 0.769. The molecule has 0 saturated carbocycles. The number of aliphatic hydroxyl groups is 1. The lowest BCUT2D eigenvalue weighted by Crippen LogP contribution is -2.52. The van der Waals surface area contributed by atoms with Crippen LogP contribution < -0.4 is 15.7 Å². The molecular weight excluding hydrogens is 278 g/mol. The van der Waals surface area contributed by atoms with E-state index >= 15 is 0 Å². The Kier molecular flexibility index (Phi) is 7.31. The van der Waals surface area contributed by atoms with Crippen LogP contribution in [0.4, 0.5) is 0 Å². The molecule has 0 aliphatic carbocycles. The number of aliphatic carboxylic acids is 1. The van der Waals surface area contributed by atoms with Gasteiger partial charge in [-0.2, -0.15) is 0 Å². The number of carboxylic acids is 1. The van der Waals surface area contributed by atoms with Crippen LogP contribution in [0.2, 0.25) is 0 Å². The number of nitrogens with one attached hydrogen (secondary N) is 2. The Morgan fingerprint density at radius 1 is 1.10 bits per heavy atom. The predicted octanol–water partition coefficient (Wildman–Crippen LogP) is -2.80. The molecular formula is C13H25N3O5. The van der Waals surface area contributed by atoms with E-state index < -0.39 is 36.0 Å². The fourth-order valence-corrected chi connectivity index (χ4v) is 1.67. The molecule has 0 radical (unpaired) electrons. The van der Waals surface area contributed by atoms with Crippen molar-refractivity contribution in [2.75, 3.05) is 27.7 Å². The van der Waals surface area contributed by atoms with Crippen molar-refractivity contribution in [1.82, 2.24) is 10.6 Å². The summed E-state index contributed by atoms with van der Waals surface area (Å²) < 4.78 is 0.508. The van der Waals surface area contributed by atoms with Gasteiger partial charge in [-0.25, -0.2) is 0 Å². The van der Waals surface area contributed by atoms with E-state index in [1.54, 1.807) is 0 Å². The quantitative estimate of drug-likeness (QED) is 0.419. The molecule has 0 spiro atoms. The van der Waals surface area contributed by atoms with Crippen LogP contribution in [0.15, 0.2) is 0 Å². The Morgan fingerprint density at radius 3 is 2.05 bits per heavy atom. The monoisotopic (exact) mass is 303 g/mol. The predicted molar refractivity (Wildman–Crippen MR) is 73.7 cm³/mol. The molecule has 21 heavy (non-hydrogen) atoms. The van der Waals surface area contributed by atoms with Gasteiger partial charge in [0.2, 0.25) is 11.8 Å². The zero-order valence-electron chi connectivity index (χ0n) is 13.2. The highest BCUT2D eigenvalue weighted by molar-refractivity contribution is 5.89. The van der Waals surface area contributed by atoms with Crippen molar-refractivity contribution >= 4 is 17.8 Å². The molecule has 0 saturated heterocycles. The third-order valence-electron chi connectivity index (χ3n) is 2.66. The number of likely N-dealkylation sites (N-methyl/N-ethyl adjacent to an activating group) is 1. The maximum atomic E-state index is 11.7. The van der Waals surface area contributed by atoms with Crippen LogP contribution in [0.5, 0.6) is 0 Å². The molecule has 2 amide bonds. The van der Waals surface area contributed by atoms with Crippen molar-refractivity contribution in [1.29, 1.82) is 0 Å². The van der Waals surface area contributed by atoms with Crippen molar-refractivity contribution in [3.8, 4) is 0 Å². The molecule has 1 unspecified atom stereocenters. The lowest BCUT2D eigenvalue weighted by molar-refractivity contribution is -0.873. The maximum Gasteiger partial charge on any atom is 0.242 e. The third-order valence-corrected chi connectivity index (χ3v) is 2.66. The largest absolute Gasteiger partial charge is 0.548 e. The molecule has 0 heterocycles. The van der Waals surface area contributed by atoms with Gasteiger partial charge in [0.1, 0.15) is 18.7 Å². The minimum Gasteiger partial charge on any atom is -0.548 e. The second-order valence-corrected chi connectivity index (χ2v) is 6.17. The van der Waals surface area contributed by atoms with Gasteiger partial charge in [-0.1, -0.05) is 0 Å². The van der Waals surface area contributed by atoms with Crippen molar-refractivity contribution < 1.29 is 29.1 Å². The van der Waals surface area contributed by atoms with Crippen LogP contribution in [0.3, 0.4) is 0 Å². The summed E-state index contributed by atoms with van der Waals surface area (Å²) in [6, 6.07) is -2.03. The first-order valence-corrected chi connectivity index (χ1v) is 6.71. The Bertz CT molecular complexity index is 392. The van der Waals surface area contributed by atoms with Gasteiger partial charge < -0.3 is 30.1 Å². The summed E-state index contributed by atoms with van der Waals surface area (Å²) in [5, 5.41) is 24.9. The molecule has 3 N–H and O–H groups in total. The summed E-state index contributed by atoms with van der Waals surface area (Å²) in [6.45, 7) is 3.10. The van der Waals surface area contributed by atoms with Gasteiger partial charge in [-0.3, -0.25) is 9.59 Å². The number of carbonyl (C=O) groups excluding carboxylic acids is 3. The van der Waals surface area contributed by atoms with Gasteiger partial charge >= 0.3 is 0 Å². The van der Waals surface area contributed by atoms with Crippen molar-refractivity contribution in [3.05, 3.63) is 0 Å². The van der Waals surface area contributed by atoms with E-state index in [1.165, 1.54) is 13.8 Å². The van der Waals surface area contributed by atoms with E-state index in [0.29, 0.717) is 11.0 Å². The number of amides is 2. The smallest absolute Gasteiger partial charge is 0.242 e. The second-order valence-electron chi connectivity index (χ2n) is 6.17. The number of carbonyl (C=O) groups is 3. The maximum absolute atomic E-state index is 11.7. The third kappa shape index (κ3) is 8.98. The van der Waals surface area contributed by atoms with E-state index in [9.17, 15) is 24.6 Å². The molecule has 0 aromatic heterocycles.